The van der Waals surface area contributed by atoms with Gasteiger partial charge in [-0.15, -0.1) is 5.26 Å². The predicted octanol–water partition coefficient (Wildman–Crippen LogP) is 3.54. The summed E-state index contributed by atoms with van der Waals surface area (Å²) in [7, 11) is 0. The molecule has 1 aliphatic heterocycles. The van der Waals surface area contributed by atoms with E-state index in [1.807, 2.05) is 60.7 Å². The summed E-state index contributed by atoms with van der Waals surface area (Å²) in [4.78, 5) is 2.45. The summed E-state index contributed by atoms with van der Waals surface area (Å²) in [6.45, 7) is 6.99. The summed E-state index contributed by atoms with van der Waals surface area (Å²) in [5, 5.41) is 9.73. The number of benzene rings is 2. The molecule has 0 N–H and O–H groups in total. The molecule has 0 saturated carbocycles. The Labute approximate surface area is 168 Å². The van der Waals surface area contributed by atoms with Gasteiger partial charge < -0.3 is 9.47 Å². The van der Waals surface area contributed by atoms with Gasteiger partial charge in [0.1, 0.15) is 24.6 Å². The molecule has 0 spiro atoms. The molecule has 3 rings (SSSR count). The van der Waals surface area contributed by atoms with E-state index in [-0.39, 0.29) is 0 Å². The smallest absolute Gasteiger partial charge is 0.308 e. The molecule has 2 aromatic rings. The zero-order valence-electron chi connectivity index (χ0n) is 16.5. The molecule has 0 bridgehead atoms. The Kier molecular flexibility index (Phi) is 7.71. The van der Waals surface area contributed by atoms with Crippen LogP contribution in [0, 0.1) is 11.5 Å². The fraction of sp³-hybridized carbons (Fsp3) is 0.435. The number of hydrogen-bond acceptors (Lipinski definition) is 4. The largest absolute Gasteiger partial charge is 0.494 e. The maximum atomic E-state index is 9.73. The third-order valence-corrected chi connectivity index (χ3v) is 5.27. The van der Waals surface area contributed by atoms with Crippen molar-refractivity contribution >= 4 is 0 Å². The second-order valence-corrected chi connectivity index (χ2v) is 7.29. The lowest BCUT2D eigenvalue weighted by atomic mass is 10.2. The van der Waals surface area contributed by atoms with E-state index < -0.39 is 0 Å². The Hall–Kier alpha value is -2.55. The van der Waals surface area contributed by atoms with Crippen LogP contribution >= 0.6 is 0 Å². The van der Waals surface area contributed by atoms with Crippen LogP contribution in [0.1, 0.15) is 12.8 Å². The average molecular weight is 381 g/mol. The minimum absolute atomic E-state index is 0.537. The number of nitriles is 1. The minimum Gasteiger partial charge on any atom is -0.494 e. The highest BCUT2D eigenvalue weighted by Crippen LogP contribution is 2.15. The molecule has 0 unspecified atom stereocenters. The summed E-state index contributed by atoms with van der Waals surface area (Å²) in [5.74, 6) is 1.83. The molecule has 28 heavy (non-hydrogen) atoms. The van der Waals surface area contributed by atoms with Crippen LogP contribution in [0.2, 0.25) is 0 Å². The molecule has 5 heteroatoms. The van der Waals surface area contributed by atoms with Gasteiger partial charge >= 0.3 is 6.19 Å². The number of ether oxygens (including phenoxy) is 2. The molecule has 1 aliphatic rings. The van der Waals surface area contributed by atoms with Crippen molar-refractivity contribution in [2.24, 2.45) is 0 Å². The summed E-state index contributed by atoms with van der Waals surface area (Å²) < 4.78 is 12.1. The zero-order valence-corrected chi connectivity index (χ0v) is 16.5. The normalized spacial score (nSPS) is 16.2. The van der Waals surface area contributed by atoms with Crippen LogP contribution in [0.15, 0.2) is 60.7 Å². The lowest BCUT2D eigenvalue weighted by molar-refractivity contribution is -0.870. The number of quaternary nitrogens is 1. The van der Waals surface area contributed by atoms with E-state index in [9.17, 15) is 5.26 Å². The Morgan fingerprint density at radius 2 is 1.36 bits per heavy atom. The van der Waals surface area contributed by atoms with Crippen molar-refractivity contribution in [3.8, 4) is 17.7 Å². The van der Waals surface area contributed by atoms with E-state index in [1.165, 1.54) is 0 Å². The summed E-state index contributed by atoms with van der Waals surface area (Å²) >= 11 is 0. The average Bonchev–Trinajstić information content (AvgIpc) is 2.77. The van der Waals surface area contributed by atoms with Gasteiger partial charge in [0, 0.05) is 26.1 Å². The van der Waals surface area contributed by atoms with Crippen LogP contribution in [0.5, 0.6) is 11.5 Å². The Balaban J connectivity index is 1.31. The highest BCUT2D eigenvalue weighted by atomic mass is 16.5. The molecule has 1 heterocycles. The van der Waals surface area contributed by atoms with Crippen molar-refractivity contribution in [2.45, 2.75) is 12.8 Å². The molecule has 0 aliphatic carbocycles. The number of piperazine rings is 1. The van der Waals surface area contributed by atoms with Gasteiger partial charge in [-0.2, -0.15) is 0 Å². The molecule has 1 saturated heterocycles. The van der Waals surface area contributed by atoms with E-state index in [0.29, 0.717) is 11.1 Å². The molecule has 0 radical (unpaired) electrons. The van der Waals surface area contributed by atoms with Gasteiger partial charge in [-0.05, 0) is 30.7 Å². The van der Waals surface area contributed by atoms with Crippen LogP contribution in [0.4, 0.5) is 0 Å². The van der Waals surface area contributed by atoms with E-state index >= 15 is 0 Å². The van der Waals surface area contributed by atoms with Gasteiger partial charge in [0.15, 0.2) is 0 Å². The van der Waals surface area contributed by atoms with Crippen molar-refractivity contribution < 1.29 is 14.0 Å². The van der Waals surface area contributed by atoms with Crippen LogP contribution in [0.25, 0.3) is 0 Å². The number of rotatable bonds is 10. The first-order chi connectivity index (χ1) is 13.8. The second-order valence-electron chi connectivity index (χ2n) is 7.29. The molecular formula is C23H30N3O2+. The molecule has 1 fully saturated rings. The van der Waals surface area contributed by atoms with E-state index in [0.717, 1.165) is 70.2 Å². The third kappa shape index (κ3) is 6.26. The highest BCUT2D eigenvalue weighted by Gasteiger charge is 2.33. The van der Waals surface area contributed by atoms with Crippen LogP contribution in [-0.2, 0) is 0 Å². The lowest BCUT2D eigenvalue weighted by Crippen LogP contribution is -2.57. The van der Waals surface area contributed by atoms with Crippen molar-refractivity contribution in [2.75, 3.05) is 52.5 Å². The van der Waals surface area contributed by atoms with Gasteiger partial charge in [0.25, 0.3) is 0 Å². The van der Waals surface area contributed by atoms with Gasteiger partial charge in [-0.25, -0.2) is 4.48 Å². The number of hydrogen-bond donors (Lipinski definition) is 0. The fourth-order valence-electron chi connectivity index (χ4n) is 3.56. The van der Waals surface area contributed by atoms with Gasteiger partial charge in [-0.1, -0.05) is 36.4 Å². The minimum atomic E-state index is 0.537. The van der Waals surface area contributed by atoms with Crippen molar-refractivity contribution in [3.63, 3.8) is 0 Å². The summed E-state index contributed by atoms with van der Waals surface area (Å²) in [6.07, 6.45) is 4.46. The lowest BCUT2D eigenvalue weighted by Gasteiger charge is -2.38. The fourth-order valence-corrected chi connectivity index (χ4v) is 3.56. The topological polar surface area (TPSA) is 45.5 Å². The Morgan fingerprint density at radius 3 is 1.89 bits per heavy atom. The van der Waals surface area contributed by atoms with Crippen LogP contribution < -0.4 is 9.47 Å². The monoisotopic (exact) mass is 380 g/mol. The molecule has 0 atom stereocenters. The number of para-hydroxylation sites is 2. The van der Waals surface area contributed by atoms with Gasteiger partial charge in [0.2, 0.25) is 0 Å². The molecule has 148 valence electrons. The third-order valence-electron chi connectivity index (χ3n) is 5.27. The Morgan fingerprint density at radius 1 is 0.821 bits per heavy atom. The number of nitrogens with zero attached hydrogens (tertiary/aromatic N) is 3. The molecule has 2 aromatic carbocycles. The highest BCUT2D eigenvalue weighted by molar-refractivity contribution is 5.21. The first-order valence-corrected chi connectivity index (χ1v) is 10.2. The van der Waals surface area contributed by atoms with Crippen LogP contribution in [0.3, 0.4) is 0 Å². The Bertz CT molecular complexity index is 723. The second kappa shape index (κ2) is 10.7. The van der Waals surface area contributed by atoms with Crippen molar-refractivity contribution in [1.82, 2.24) is 4.90 Å². The van der Waals surface area contributed by atoms with E-state index in [1.54, 1.807) is 0 Å². The van der Waals surface area contributed by atoms with Crippen molar-refractivity contribution in [1.29, 1.82) is 5.26 Å². The first kappa shape index (κ1) is 20.2. The van der Waals surface area contributed by atoms with Gasteiger partial charge in [0.05, 0.1) is 19.8 Å². The quantitative estimate of drug-likeness (QED) is 0.359. The molecule has 0 aromatic heterocycles. The standard InChI is InChI=1S/C23H30N3O2/c24-21-26(16-8-20-28-23-11-5-2-6-12-23)17-14-25(15-18-26)13-7-19-27-22-9-3-1-4-10-22/h1-6,9-12H,7-8,13-20H2/q+1. The molecule has 0 amide bonds. The maximum absolute atomic E-state index is 9.73. The first-order valence-electron chi connectivity index (χ1n) is 10.2. The van der Waals surface area contributed by atoms with Crippen LogP contribution in [-0.4, -0.2) is 61.9 Å². The molecule has 5 nitrogen and oxygen atoms in total. The van der Waals surface area contributed by atoms with Gasteiger partial charge in [-0.3, -0.25) is 4.90 Å². The molecular weight excluding hydrogens is 350 g/mol. The summed E-state index contributed by atoms with van der Waals surface area (Å²) in [6, 6.07) is 19.8. The van der Waals surface area contributed by atoms with E-state index in [2.05, 4.69) is 11.1 Å². The zero-order chi connectivity index (χ0) is 19.5. The SMILES string of the molecule is N#C[N+]1(CCCOc2ccccc2)CCN(CCCOc2ccccc2)CC1. The maximum Gasteiger partial charge on any atom is 0.308 e. The van der Waals surface area contributed by atoms with E-state index in [4.69, 9.17) is 9.47 Å². The van der Waals surface area contributed by atoms with Crippen molar-refractivity contribution in [3.05, 3.63) is 60.7 Å². The predicted molar refractivity (Wildman–Crippen MR) is 110 cm³/mol. The summed E-state index contributed by atoms with van der Waals surface area (Å²) in [5.41, 5.74) is 0.